The van der Waals surface area contributed by atoms with Crippen LogP contribution in [0.25, 0.3) is 0 Å². The van der Waals surface area contributed by atoms with Crippen LogP contribution >= 0.6 is 0 Å². The van der Waals surface area contributed by atoms with Gasteiger partial charge in [0.2, 0.25) is 5.82 Å². The summed E-state index contributed by atoms with van der Waals surface area (Å²) in [6.07, 6.45) is 3.79. The Balaban J connectivity index is 1.68. The summed E-state index contributed by atoms with van der Waals surface area (Å²) in [4.78, 5) is 26.2. The van der Waals surface area contributed by atoms with Gasteiger partial charge in [-0.25, -0.2) is 4.98 Å². The molecule has 3 rings (SSSR count). The minimum Gasteiger partial charge on any atom is -0.470 e. The van der Waals surface area contributed by atoms with Crippen molar-refractivity contribution in [1.29, 1.82) is 0 Å². The Labute approximate surface area is 139 Å². The van der Waals surface area contributed by atoms with Crippen molar-refractivity contribution < 1.29 is 13.9 Å². The Morgan fingerprint density at radius 1 is 1.42 bits per heavy atom. The first kappa shape index (κ1) is 16.3. The maximum Gasteiger partial charge on any atom is 0.255 e. The molecule has 24 heavy (non-hydrogen) atoms. The van der Waals surface area contributed by atoms with Gasteiger partial charge in [0.15, 0.2) is 0 Å². The lowest BCUT2D eigenvalue weighted by atomic mass is 10.2. The number of hydrogen-bond donors (Lipinski definition) is 0. The number of amides is 1. The monoisotopic (exact) mass is 330 g/mol. The Kier molecular flexibility index (Phi) is 4.69. The number of hydrogen-bond acceptors (Lipinski definition) is 5. The van der Waals surface area contributed by atoms with Crippen LogP contribution < -0.4 is 4.74 Å². The van der Waals surface area contributed by atoms with E-state index in [0.717, 1.165) is 0 Å². The Morgan fingerprint density at radius 2 is 2.25 bits per heavy atom. The molecule has 1 amide bonds. The molecule has 1 fully saturated rings. The maximum absolute atomic E-state index is 14.2. The summed E-state index contributed by atoms with van der Waals surface area (Å²) in [5, 5.41) is 0. The molecule has 1 aliphatic heterocycles. The van der Waals surface area contributed by atoms with E-state index in [4.69, 9.17) is 4.74 Å². The lowest BCUT2D eigenvalue weighted by Crippen LogP contribution is -2.31. The number of nitrogens with zero attached hydrogens (tertiary/aromatic N) is 4. The van der Waals surface area contributed by atoms with Gasteiger partial charge in [-0.15, -0.1) is 0 Å². The molecule has 0 N–H and O–H groups in total. The SMILES string of the molecule is CCc1ncnc(O[C@@H]2CCN(C(=O)c3cccnc3C)C2)c1F. The number of rotatable bonds is 4. The molecule has 1 saturated heterocycles. The van der Waals surface area contributed by atoms with Gasteiger partial charge in [0.05, 0.1) is 17.8 Å². The zero-order valence-corrected chi connectivity index (χ0v) is 13.7. The van der Waals surface area contributed by atoms with Crippen LogP contribution in [0, 0.1) is 12.7 Å². The Hall–Kier alpha value is -2.57. The second-order valence-corrected chi connectivity index (χ2v) is 5.71. The quantitative estimate of drug-likeness (QED) is 0.859. The highest BCUT2D eigenvalue weighted by Crippen LogP contribution is 2.22. The molecule has 2 aromatic rings. The van der Waals surface area contributed by atoms with Crippen molar-refractivity contribution in [3.05, 3.63) is 47.4 Å². The van der Waals surface area contributed by atoms with Crippen molar-refractivity contribution in [2.75, 3.05) is 13.1 Å². The highest BCUT2D eigenvalue weighted by Gasteiger charge is 2.30. The van der Waals surface area contributed by atoms with E-state index in [-0.39, 0.29) is 17.9 Å². The van der Waals surface area contributed by atoms with Gasteiger partial charge in [-0.3, -0.25) is 9.78 Å². The standard InChI is InChI=1S/C17H19FN4O2/c1-3-14-15(18)16(21-10-20-14)24-12-6-8-22(9-12)17(23)13-5-4-7-19-11(13)2/h4-5,7,10,12H,3,6,8-9H2,1-2H3/t12-/m1/s1. The number of carbonyl (C=O) groups is 1. The Morgan fingerprint density at radius 3 is 3.00 bits per heavy atom. The molecule has 0 aliphatic carbocycles. The van der Waals surface area contributed by atoms with Crippen molar-refractivity contribution in [2.45, 2.75) is 32.8 Å². The first-order valence-electron chi connectivity index (χ1n) is 7.97. The van der Waals surface area contributed by atoms with Gasteiger partial charge >= 0.3 is 0 Å². The van der Waals surface area contributed by atoms with Crippen LogP contribution in [0.5, 0.6) is 5.88 Å². The summed E-state index contributed by atoms with van der Waals surface area (Å²) in [6.45, 7) is 4.59. The van der Waals surface area contributed by atoms with Crippen molar-refractivity contribution in [2.24, 2.45) is 0 Å². The molecule has 3 heterocycles. The number of carbonyl (C=O) groups excluding carboxylic acids is 1. The third-order valence-corrected chi connectivity index (χ3v) is 4.11. The zero-order valence-electron chi connectivity index (χ0n) is 13.7. The summed E-state index contributed by atoms with van der Waals surface area (Å²) in [7, 11) is 0. The molecule has 0 unspecified atom stereocenters. The molecule has 7 heteroatoms. The molecule has 0 radical (unpaired) electrons. The lowest BCUT2D eigenvalue weighted by Gasteiger charge is -2.18. The molecule has 2 aromatic heterocycles. The van der Waals surface area contributed by atoms with Crippen LogP contribution in [0.2, 0.25) is 0 Å². The van der Waals surface area contributed by atoms with Gasteiger partial charge in [0.25, 0.3) is 11.8 Å². The van der Waals surface area contributed by atoms with E-state index in [2.05, 4.69) is 15.0 Å². The van der Waals surface area contributed by atoms with Gasteiger partial charge in [-0.05, 0) is 25.5 Å². The van der Waals surface area contributed by atoms with E-state index in [1.54, 1.807) is 30.2 Å². The number of aromatic nitrogens is 3. The molecule has 0 saturated carbocycles. The fourth-order valence-corrected chi connectivity index (χ4v) is 2.76. The van der Waals surface area contributed by atoms with Crippen LogP contribution in [-0.2, 0) is 6.42 Å². The van der Waals surface area contributed by atoms with E-state index < -0.39 is 5.82 Å². The second-order valence-electron chi connectivity index (χ2n) is 5.71. The number of pyridine rings is 1. The second kappa shape index (κ2) is 6.90. The summed E-state index contributed by atoms with van der Waals surface area (Å²) in [5.74, 6) is -0.643. The highest BCUT2D eigenvalue weighted by atomic mass is 19.1. The largest absolute Gasteiger partial charge is 0.470 e. The van der Waals surface area contributed by atoms with E-state index in [1.807, 2.05) is 6.92 Å². The molecular formula is C17H19FN4O2. The summed E-state index contributed by atoms with van der Waals surface area (Å²) >= 11 is 0. The lowest BCUT2D eigenvalue weighted by molar-refractivity contribution is 0.0768. The van der Waals surface area contributed by atoms with Gasteiger partial charge in [0, 0.05) is 24.9 Å². The van der Waals surface area contributed by atoms with Crippen molar-refractivity contribution >= 4 is 5.91 Å². The normalized spacial score (nSPS) is 17.1. The highest BCUT2D eigenvalue weighted by molar-refractivity contribution is 5.95. The summed E-state index contributed by atoms with van der Waals surface area (Å²) in [6, 6.07) is 3.50. The molecule has 0 spiro atoms. The molecule has 0 bridgehead atoms. The number of ether oxygens (including phenoxy) is 1. The first-order chi connectivity index (χ1) is 11.6. The predicted molar refractivity (Wildman–Crippen MR) is 85.3 cm³/mol. The number of aryl methyl sites for hydroxylation is 2. The zero-order chi connectivity index (χ0) is 17.1. The summed E-state index contributed by atoms with van der Waals surface area (Å²) < 4.78 is 19.8. The summed E-state index contributed by atoms with van der Waals surface area (Å²) in [5.41, 5.74) is 1.61. The first-order valence-corrected chi connectivity index (χ1v) is 7.97. The minimum atomic E-state index is -0.520. The van der Waals surface area contributed by atoms with Crippen LogP contribution in [0.3, 0.4) is 0 Å². The van der Waals surface area contributed by atoms with E-state index >= 15 is 0 Å². The maximum atomic E-state index is 14.2. The van der Waals surface area contributed by atoms with Gasteiger partial charge in [0.1, 0.15) is 12.4 Å². The Bertz CT molecular complexity index is 753. The fraction of sp³-hybridized carbons (Fsp3) is 0.412. The van der Waals surface area contributed by atoms with Crippen molar-refractivity contribution in [1.82, 2.24) is 19.9 Å². The van der Waals surface area contributed by atoms with Crippen LogP contribution in [-0.4, -0.2) is 45.0 Å². The van der Waals surface area contributed by atoms with Gasteiger partial charge in [-0.1, -0.05) is 6.92 Å². The molecule has 1 atom stereocenters. The van der Waals surface area contributed by atoms with E-state index in [1.165, 1.54) is 6.33 Å². The van der Waals surface area contributed by atoms with Crippen LogP contribution in [0.15, 0.2) is 24.7 Å². The molecule has 6 nitrogen and oxygen atoms in total. The van der Waals surface area contributed by atoms with Crippen LogP contribution in [0.1, 0.15) is 35.1 Å². The average molecular weight is 330 g/mol. The van der Waals surface area contributed by atoms with E-state index in [0.29, 0.717) is 42.9 Å². The van der Waals surface area contributed by atoms with Crippen molar-refractivity contribution in [3.63, 3.8) is 0 Å². The predicted octanol–water partition coefficient (Wildman–Crippen LogP) is 2.18. The molecule has 1 aliphatic rings. The smallest absolute Gasteiger partial charge is 0.255 e. The average Bonchev–Trinajstić information content (AvgIpc) is 3.05. The van der Waals surface area contributed by atoms with Gasteiger partial charge < -0.3 is 9.64 Å². The minimum absolute atomic E-state index is 0.0429. The van der Waals surface area contributed by atoms with Gasteiger partial charge in [-0.2, -0.15) is 9.37 Å². The van der Waals surface area contributed by atoms with Crippen LogP contribution in [0.4, 0.5) is 4.39 Å². The third kappa shape index (κ3) is 3.20. The molecule has 126 valence electrons. The van der Waals surface area contributed by atoms with Crippen molar-refractivity contribution in [3.8, 4) is 5.88 Å². The molecule has 0 aromatic carbocycles. The molecular weight excluding hydrogens is 311 g/mol. The topological polar surface area (TPSA) is 68.2 Å². The number of halogens is 1. The van der Waals surface area contributed by atoms with E-state index in [9.17, 15) is 9.18 Å². The fourth-order valence-electron chi connectivity index (χ4n) is 2.76. The number of likely N-dealkylation sites (tertiary alicyclic amines) is 1. The third-order valence-electron chi connectivity index (χ3n) is 4.11.